The number of carbonyl (C=O) groups excluding carboxylic acids is 2. The van der Waals surface area contributed by atoms with E-state index in [0.717, 1.165) is 5.57 Å². The van der Waals surface area contributed by atoms with Gasteiger partial charge >= 0.3 is 17.9 Å². The molecule has 0 radical (unpaired) electrons. The summed E-state index contributed by atoms with van der Waals surface area (Å²) in [6.45, 7) is 14.1. The molecule has 3 saturated heterocycles. The minimum Gasteiger partial charge on any atom is -0.479 e. The van der Waals surface area contributed by atoms with Crippen LogP contribution >= 0.6 is 0 Å². The second-order valence-electron chi connectivity index (χ2n) is 25.5. The number of rotatable bonds is 14. The summed E-state index contributed by atoms with van der Waals surface area (Å²) in [5.41, 5.74) is -3.78. The van der Waals surface area contributed by atoms with Gasteiger partial charge in [0, 0.05) is 23.3 Å². The van der Waals surface area contributed by atoms with Crippen LogP contribution in [-0.4, -0.2) is 227 Å². The molecule has 13 N–H and O–H groups in total. The highest BCUT2D eigenvalue weighted by atomic mass is 16.8. The summed E-state index contributed by atoms with van der Waals surface area (Å²) in [4.78, 5) is 39.5. The molecular formula is C55H86O24. The molecule has 8 aliphatic rings. The van der Waals surface area contributed by atoms with Crippen LogP contribution in [0, 0.1) is 50.2 Å². The highest BCUT2D eigenvalue weighted by molar-refractivity contribution is 5.87. The van der Waals surface area contributed by atoms with E-state index < -0.39 is 199 Å². The molecule has 8 rings (SSSR count). The monoisotopic (exact) mass is 1130 g/mol. The molecule has 27 atom stereocenters. The first-order valence-corrected chi connectivity index (χ1v) is 27.7. The van der Waals surface area contributed by atoms with Gasteiger partial charge in [0.15, 0.2) is 25.0 Å². The number of aliphatic carboxylic acids is 1. The Balaban J connectivity index is 1.12. The van der Waals surface area contributed by atoms with Gasteiger partial charge in [-0.05, 0) is 92.8 Å². The number of aliphatic hydroxyl groups is 12. The molecule has 450 valence electrons. The highest BCUT2D eigenvalue weighted by Gasteiger charge is 2.74. The first kappa shape index (κ1) is 62.2. The molecule has 5 aliphatic carbocycles. The predicted molar refractivity (Wildman–Crippen MR) is 269 cm³/mol. The maximum Gasteiger partial charge on any atom is 0.335 e. The zero-order valence-electron chi connectivity index (χ0n) is 46.4. The Bertz CT molecular complexity index is 2290. The second kappa shape index (κ2) is 22.6. The van der Waals surface area contributed by atoms with Crippen LogP contribution in [0.4, 0.5) is 0 Å². The maximum absolute atomic E-state index is 13.4. The first-order chi connectivity index (χ1) is 36.9. The third kappa shape index (κ3) is 9.94. The zero-order chi connectivity index (χ0) is 58.4. The van der Waals surface area contributed by atoms with Crippen LogP contribution < -0.4 is 0 Å². The van der Waals surface area contributed by atoms with E-state index in [2.05, 4.69) is 26.8 Å². The van der Waals surface area contributed by atoms with Crippen molar-refractivity contribution in [1.29, 1.82) is 0 Å². The molecule has 4 saturated carbocycles. The number of fused-ring (bicyclic) bond motifs is 7. The average Bonchev–Trinajstić information content (AvgIpc) is 3.25. The van der Waals surface area contributed by atoms with E-state index in [1.807, 2.05) is 20.8 Å². The predicted octanol–water partition coefficient (Wildman–Crippen LogP) is -1.32. The van der Waals surface area contributed by atoms with Crippen molar-refractivity contribution in [1.82, 2.24) is 0 Å². The van der Waals surface area contributed by atoms with E-state index in [0.29, 0.717) is 37.7 Å². The summed E-state index contributed by atoms with van der Waals surface area (Å²) in [6.07, 6.45) is -26.5. The fourth-order valence-electron chi connectivity index (χ4n) is 16.2. The molecule has 0 aromatic heterocycles. The number of hydrogen-bond acceptors (Lipinski definition) is 23. The standard InChI is InChI=1S/C55H86O24/c1-10-23(2)46(71)79-43-44(72-24(3)60)55(22-59)26(17-50(43,4)5)25-11-12-30-51(6)15-14-32(52(7,21-58)29(51)13-16-53(30,8)54(25,9)18-31(55)61)75-49-41(77-48-38(67)36(65)34(63)28(20-57)74-48)39(68)40(42(78-49)45(69)70)76-47-37(66)35(64)33(62)27(19-56)73-47/h10-11,26-44,47-49,56-59,61-68H,12-22H2,1-9H3,(H,69,70)/b23-10-/t26?,27?,28?,29?,30?,31-,32+,33-,34-,35-,36-,37?,38?,39-,40+,41?,42?,43+,44+,47+,48+,49-,51+,52-,53-,54-,55?/m1/s1. The average molecular weight is 1130 g/mol. The van der Waals surface area contributed by atoms with E-state index in [1.54, 1.807) is 19.9 Å². The normalized spacial score (nSPS) is 50.6. The largest absolute Gasteiger partial charge is 0.479 e. The lowest BCUT2D eigenvalue weighted by atomic mass is 9.33. The molecule has 24 nitrogen and oxygen atoms in total. The van der Waals surface area contributed by atoms with E-state index >= 15 is 0 Å². The fourth-order valence-corrected chi connectivity index (χ4v) is 16.2. The van der Waals surface area contributed by atoms with Gasteiger partial charge in [-0.2, -0.15) is 0 Å². The zero-order valence-corrected chi connectivity index (χ0v) is 46.4. The maximum atomic E-state index is 13.4. The topological polar surface area (TPSA) is 388 Å². The van der Waals surface area contributed by atoms with E-state index in [4.69, 9.17) is 37.9 Å². The van der Waals surface area contributed by atoms with E-state index in [9.17, 15) is 80.8 Å². The molecule has 0 amide bonds. The van der Waals surface area contributed by atoms with Crippen molar-refractivity contribution in [2.75, 3.05) is 26.4 Å². The van der Waals surface area contributed by atoms with Crippen LogP contribution in [0.15, 0.2) is 23.3 Å². The van der Waals surface area contributed by atoms with Crippen molar-refractivity contribution in [3.8, 4) is 0 Å². The van der Waals surface area contributed by atoms with Gasteiger partial charge in [-0.25, -0.2) is 9.59 Å². The van der Waals surface area contributed by atoms with Gasteiger partial charge in [0.05, 0.1) is 44.1 Å². The summed E-state index contributed by atoms with van der Waals surface area (Å²) < 4.78 is 48.2. The van der Waals surface area contributed by atoms with Crippen molar-refractivity contribution in [2.24, 2.45) is 50.2 Å². The lowest BCUT2D eigenvalue weighted by molar-refractivity contribution is -0.392. The molecule has 79 heavy (non-hydrogen) atoms. The van der Waals surface area contributed by atoms with Crippen LogP contribution in [0.3, 0.4) is 0 Å². The van der Waals surface area contributed by atoms with Gasteiger partial charge in [-0.15, -0.1) is 0 Å². The molecule has 7 fully saturated rings. The summed E-state index contributed by atoms with van der Waals surface area (Å²) >= 11 is 0. The van der Waals surface area contributed by atoms with E-state index in [-0.39, 0.29) is 24.7 Å². The van der Waals surface area contributed by atoms with Gasteiger partial charge in [-0.3, -0.25) is 4.79 Å². The lowest BCUT2D eigenvalue weighted by Gasteiger charge is -2.72. The quantitative estimate of drug-likeness (QED) is 0.0415. The number of esters is 2. The van der Waals surface area contributed by atoms with Gasteiger partial charge in [0.25, 0.3) is 0 Å². The third-order valence-electron chi connectivity index (χ3n) is 21.1. The molecule has 0 bridgehead atoms. The molecule has 24 heteroatoms. The SMILES string of the molecule is C/C=C(/C)C(=O)O[C@H]1[C@H](OC(C)=O)C2(CO)C(CC1(C)C)C1=CCC3[C@@]4(C)CC[C@H](O[C@@H]5OC(C(=O)O)[C@@H](O[C@@H]6OC(CO)[C@@H](O)[C@@H](O)C6O)[C@@H](O)C5O[C@@H]5OC(CO)[C@@H](O)[C@@H](O)C5O)[C@](C)(CO)C4CC[C@@]3(C)[C@]1(C)C[C@H]2O. The Morgan fingerprint density at radius 1 is 0.658 bits per heavy atom. The lowest BCUT2D eigenvalue weighted by Crippen LogP contribution is -2.72. The number of allylic oxidation sites excluding steroid dienone is 3. The number of carboxylic acids is 1. The third-order valence-corrected chi connectivity index (χ3v) is 21.1. The summed E-state index contributed by atoms with van der Waals surface area (Å²) in [7, 11) is 0. The number of ether oxygens (including phenoxy) is 8. The van der Waals surface area contributed by atoms with Crippen molar-refractivity contribution >= 4 is 17.9 Å². The summed E-state index contributed by atoms with van der Waals surface area (Å²) in [5, 5.41) is 143. The van der Waals surface area contributed by atoms with Crippen LogP contribution in [0.1, 0.15) is 107 Å². The van der Waals surface area contributed by atoms with Crippen LogP contribution in [-0.2, 0) is 52.3 Å². The van der Waals surface area contributed by atoms with Crippen molar-refractivity contribution < 1.29 is 119 Å². The Kier molecular flexibility index (Phi) is 17.8. The minimum absolute atomic E-state index is 0.0849. The van der Waals surface area contributed by atoms with Gasteiger partial charge < -0.3 is 104 Å². The Morgan fingerprint density at radius 3 is 1.76 bits per heavy atom. The van der Waals surface area contributed by atoms with Gasteiger partial charge in [-0.1, -0.05) is 59.3 Å². The second-order valence-corrected chi connectivity index (χ2v) is 25.5. The molecule has 0 aromatic carbocycles. The Labute approximate surface area is 459 Å². The summed E-state index contributed by atoms with van der Waals surface area (Å²) in [6, 6.07) is 0. The first-order valence-electron chi connectivity index (χ1n) is 27.7. The molecule has 3 heterocycles. The van der Waals surface area contributed by atoms with Crippen molar-refractivity contribution in [3.05, 3.63) is 23.3 Å². The summed E-state index contributed by atoms with van der Waals surface area (Å²) in [5.74, 6) is -3.88. The number of aliphatic hydroxyl groups excluding tert-OH is 12. The highest BCUT2D eigenvalue weighted by Crippen LogP contribution is 2.76. The smallest absolute Gasteiger partial charge is 0.335 e. The molecular weight excluding hydrogens is 1040 g/mol. The molecule has 3 aliphatic heterocycles. The minimum atomic E-state index is -2.18. The van der Waals surface area contributed by atoms with Gasteiger partial charge in [0.1, 0.15) is 79.4 Å². The van der Waals surface area contributed by atoms with Gasteiger partial charge in [0.2, 0.25) is 0 Å². The molecule has 10 unspecified atom stereocenters. The van der Waals surface area contributed by atoms with Crippen molar-refractivity contribution in [3.63, 3.8) is 0 Å². The Hall–Kier alpha value is -2.83. The van der Waals surface area contributed by atoms with Crippen LogP contribution in [0.2, 0.25) is 0 Å². The van der Waals surface area contributed by atoms with Crippen LogP contribution in [0.5, 0.6) is 0 Å². The number of carboxylic acid groups (broad SMARTS) is 1. The molecule has 0 aromatic rings. The Morgan fingerprint density at radius 2 is 1.24 bits per heavy atom. The molecule has 0 spiro atoms. The number of carbonyl (C=O) groups is 3. The van der Waals surface area contributed by atoms with E-state index in [1.165, 1.54) is 6.92 Å². The number of hydrogen-bond donors (Lipinski definition) is 13. The van der Waals surface area contributed by atoms with Crippen molar-refractivity contribution in [2.45, 2.75) is 224 Å². The van der Waals surface area contributed by atoms with Crippen LogP contribution in [0.25, 0.3) is 0 Å². The fraction of sp³-hybridized carbons (Fsp3) is 0.873.